The highest BCUT2D eigenvalue weighted by Gasteiger charge is 2.14. The van der Waals surface area contributed by atoms with Gasteiger partial charge in [-0.15, -0.1) is 0 Å². The number of hydrogen-bond acceptors (Lipinski definition) is 3. The van der Waals surface area contributed by atoms with Crippen molar-refractivity contribution in [2.45, 2.75) is 40.0 Å². The van der Waals surface area contributed by atoms with Crippen molar-refractivity contribution < 1.29 is 9.72 Å². The monoisotopic (exact) mass is 249 g/mol. The van der Waals surface area contributed by atoms with Gasteiger partial charge in [-0.3, -0.25) is 14.9 Å². The molecule has 4 heteroatoms. The first-order valence-electron chi connectivity index (χ1n) is 6.16. The van der Waals surface area contributed by atoms with Crippen LogP contribution in [0.3, 0.4) is 0 Å². The van der Waals surface area contributed by atoms with Crippen molar-refractivity contribution in [1.29, 1.82) is 0 Å². The van der Waals surface area contributed by atoms with E-state index in [2.05, 4.69) is 0 Å². The maximum atomic E-state index is 11.6. The highest BCUT2D eigenvalue weighted by atomic mass is 16.6. The van der Waals surface area contributed by atoms with Gasteiger partial charge in [0.25, 0.3) is 5.69 Å². The molecule has 0 heterocycles. The van der Waals surface area contributed by atoms with Crippen LogP contribution in [-0.2, 0) is 11.2 Å². The lowest BCUT2D eigenvalue weighted by Crippen LogP contribution is -2.05. The first-order valence-corrected chi connectivity index (χ1v) is 6.16. The van der Waals surface area contributed by atoms with E-state index in [1.54, 1.807) is 13.0 Å². The normalized spacial score (nSPS) is 10.7. The molecule has 1 aromatic carbocycles. The lowest BCUT2D eigenvalue weighted by molar-refractivity contribution is -0.385. The summed E-state index contributed by atoms with van der Waals surface area (Å²) in [7, 11) is 0. The molecule has 18 heavy (non-hydrogen) atoms. The topological polar surface area (TPSA) is 60.2 Å². The molecule has 0 radical (unpaired) electrons. The van der Waals surface area contributed by atoms with E-state index in [0.29, 0.717) is 30.7 Å². The standard InChI is InChI=1S/C14H19NO3/c1-10(2)9-13(16)8-7-12-5-4-6-14(11(12)3)15(17)18/h4-6,10H,7-9H2,1-3H3. The van der Waals surface area contributed by atoms with Gasteiger partial charge in [0.05, 0.1) is 4.92 Å². The molecule has 0 saturated heterocycles. The molecule has 1 rings (SSSR count). The van der Waals surface area contributed by atoms with Crippen LogP contribution in [0.4, 0.5) is 5.69 Å². The van der Waals surface area contributed by atoms with Crippen molar-refractivity contribution in [1.82, 2.24) is 0 Å². The molecule has 0 amide bonds. The number of carbonyl (C=O) groups excluding carboxylic acids is 1. The van der Waals surface area contributed by atoms with Crippen LogP contribution in [0.1, 0.15) is 37.8 Å². The molecule has 0 aliphatic carbocycles. The zero-order valence-electron chi connectivity index (χ0n) is 11.1. The summed E-state index contributed by atoms with van der Waals surface area (Å²) >= 11 is 0. The van der Waals surface area contributed by atoms with Gasteiger partial charge in [0, 0.05) is 24.5 Å². The number of hydrogen-bond donors (Lipinski definition) is 0. The number of aryl methyl sites for hydroxylation is 1. The van der Waals surface area contributed by atoms with Gasteiger partial charge >= 0.3 is 0 Å². The molecule has 1 aromatic rings. The SMILES string of the molecule is Cc1c(CCC(=O)CC(C)C)cccc1[N+](=O)[O-]. The van der Waals surface area contributed by atoms with E-state index in [9.17, 15) is 14.9 Å². The lowest BCUT2D eigenvalue weighted by Gasteiger charge is -2.07. The average molecular weight is 249 g/mol. The summed E-state index contributed by atoms with van der Waals surface area (Å²) in [6.07, 6.45) is 1.62. The summed E-state index contributed by atoms with van der Waals surface area (Å²) in [5.74, 6) is 0.583. The minimum Gasteiger partial charge on any atom is -0.300 e. The molecule has 0 atom stereocenters. The summed E-state index contributed by atoms with van der Waals surface area (Å²) in [5, 5.41) is 10.8. The van der Waals surface area contributed by atoms with E-state index in [0.717, 1.165) is 5.56 Å². The Bertz CT molecular complexity index is 452. The summed E-state index contributed by atoms with van der Waals surface area (Å²) < 4.78 is 0. The first-order chi connectivity index (χ1) is 8.41. The Labute approximate surface area is 107 Å². The first kappa shape index (κ1) is 14.4. The average Bonchev–Trinajstić information content (AvgIpc) is 2.26. The van der Waals surface area contributed by atoms with E-state index in [1.807, 2.05) is 19.9 Å². The third-order valence-electron chi connectivity index (χ3n) is 2.92. The predicted molar refractivity (Wildman–Crippen MR) is 70.6 cm³/mol. The highest BCUT2D eigenvalue weighted by Crippen LogP contribution is 2.22. The minimum absolute atomic E-state index is 0.129. The fraction of sp³-hybridized carbons (Fsp3) is 0.500. The second-order valence-corrected chi connectivity index (χ2v) is 4.96. The van der Waals surface area contributed by atoms with Crippen LogP contribution in [0.25, 0.3) is 0 Å². The molecule has 0 unspecified atom stereocenters. The van der Waals surface area contributed by atoms with E-state index in [4.69, 9.17) is 0 Å². The summed E-state index contributed by atoms with van der Waals surface area (Å²) in [6.45, 7) is 5.76. The zero-order chi connectivity index (χ0) is 13.7. The van der Waals surface area contributed by atoms with Gasteiger partial charge in [-0.05, 0) is 24.8 Å². The Hall–Kier alpha value is -1.71. The van der Waals surface area contributed by atoms with Gasteiger partial charge in [0.1, 0.15) is 5.78 Å². The quantitative estimate of drug-likeness (QED) is 0.573. The molecule has 0 aromatic heterocycles. The van der Waals surface area contributed by atoms with Crippen molar-refractivity contribution in [3.63, 3.8) is 0 Å². The number of rotatable bonds is 6. The van der Waals surface area contributed by atoms with Crippen LogP contribution in [0.2, 0.25) is 0 Å². The van der Waals surface area contributed by atoms with E-state index in [1.165, 1.54) is 6.07 Å². The van der Waals surface area contributed by atoms with E-state index in [-0.39, 0.29) is 16.4 Å². The smallest absolute Gasteiger partial charge is 0.272 e. The van der Waals surface area contributed by atoms with Crippen LogP contribution in [0, 0.1) is 23.0 Å². The summed E-state index contributed by atoms with van der Waals surface area (Å²) in [6, 6.07) is 5.02. The number of benzene rings is 1. The predicted octanol–water partition coefficient (Wildman–Crippen LogP) is 3.45. The highest BCUT2D eigenvalue weighted by molar-refractivity contribution is 5.78. The molecular formula is C14H19NO3. The van der Waals surface area contributed by atoms with E-state index < -0.39 is 0 Å². The van der Waals surface area contributed by atoms with Crippen LogP contribution in [0.15, 0.2) is 18.2 Å². The summed E-state index contributed by atoms with van der Waals surface area (Å²) in [4.78, 5) is 22.0. The lowest BCUT2D eigenvalue weighted by atomic mass is 9.98. The molecule has 0 aliphatic heterocycles. The molecule has 0 fully saturated rings. The Kier molecular flexibility index (Phi) is 5.01. The number of ketones is 1. The molecule has 0 spiro atoms. The van der Waals surface area contributed by atoms with Crippen molar-refractivity contribution >= 4 is 11.5 Å². The Balaban J connectivity index is 2.71. The van der Waals surface area contributed by atoms with Gasteiger partial charge in [0.2, 0.25) is 0 Å². The number of nitro groups is 1. The third-order valence-corrected chi connectivity index (χ3v) is 2.92. The Morgan fingerprint density at radius 3 is 2.61 bits per heavy atom. The van der Waals surface area contributed by atoms with Crippen molar-refractivity contribution in [3.05, 3.63) is 39.4 Å². The Morgan fingerprint density at radius 2 is 2.06 bits per heavy atom. The molecule has 4 nitrogen and oxygen atoms in total. The van der Waals surface area contributed by atoms with Crippen molar-refractivity contribution in [3.8, 4) is 0 Å². The molecule has 0 saturated carbocycles. The number of nitrogens with zero attached hydrogens (tertiary/aromatic N) is 1. The van der Waals surface area contributed by atoms with Gasteiger partial charge < -0.3 is 0 Å². The van der Waals surface area contributed by atoms with Gasteiger partial charge in [-0.25, -0.2) is 0 Å². The second-order valence-electron chi connectivity index (χ2n) is 4.96. The number of Topliss-reactive ketones (excluding diaryl/α,β-unsaturated/α-hetero) is 1. The van der Waals surface area contributed by atoms with Crippen molar-refractivity contribution in [2.75, 3.05) is 0 Å². The maximum Gasteiger partial charge on any atom is 0.272 e. The molecule has 98 valence electrons. The summed E-state index contributed by atoms with van der Waals surface area (Å²) in [5.41, 5.74) is 1.69. The third kappa shape index (κ3) is 3.95. The molecule has 0 aliphatic rings. The Morgan fingerprint density at radius 1 is 1.39 bits per heavy atom. The largest absolute Gasteiger partial charge is 0.300 e. The van der Waals surface area contributed by atoms with Gasteiger partial charge in [-0.1, -0.05) is 26.0 Å². The zero-order valence-corrected chi connectivity index (χ0v) is 11.1. The fourth-order valence-electron chi connectivity index (χ4n) is 1.97. The van der Waals surface area contributed by atoms with Gasteiger partial charge in [-0.2, -0.15) is 0 Å². The molecule has 0 bridgehead atoms. The minimum atomic E-state index is -0.380. The molecule has 0 N–H and O–H groups in total. The second kappa shape index (κ2) is 6.28. The van der Waals surface area contributed by atoms with Gasteiger partial charge in [0.15, 0.2) is 0 Å². The molecular weight excluding hydrogens is 230 g/mol. The van der Waals surface area contributed by atoms with Crippen molar-refractivity contribution in [2.24, 2.45) is 5.92 Å². The van der Waals surface area contributed by atoms with Crippen LogP contribution >= 0.6 is 0 Å². The van der Waals surface area contributed by atoms with E-state index >= 15 is 0 Å². The van der Waals surface area contributed by atoms with Crippen LogP contribution in [-0.4, -0.2) is 10.7 Å². The van der Waals surface area contributed by atoms with Crippen LogP contribution in [0.5, 0.6) is 0 Å². The van der Waals surface area contributed by atoms with Crippen LogP contribution < -0.4 is 0 Å². The number of nitro benzene ring substituents is 1. The maximum absolute atomic E-state index is 11.6. The number of carbonyl (C=O) groups is 1. The fourth-order valence-corrected chi connectivity index (χ4v) is 1.97.